The second-order valence-electron chi connectivity index (χ2n) is 7.42. The number of hydrogen-bond acceptors (Lipinski definition) is 8. The number of amides is 1. The number of nitrogens with one attached hydrogen (secondary N) is 1. The predicted molar refractivity (Wildman–Crippen MR) is 121 cm³/mol. The minimum absolute atomic E-state index is 0.0722. The number of pyridine rings is 1. The van der Waals surface area contributed by atoms with Crippen LogP contribution in [0.1, 0.15) is 15.9 Å². The number of carbonyl (C=O) groups excluding carboxylic acids is 1. The molecule has 0 radical (unpaired) electrons. The van der Waals surface area contributed by atoms with Crippen LogP contribution in [0, 0.1) is 0 Å². The van der Waals surface area contributed by atoms with Gasteiger partial charge in [0.25, 0.3) is 5.91 Å². The van der Waals surface area contributed by atoms with E-state index in [2.05, 4.69) is 10.3 Å². The smallest absolute Gasteiger partial charge is 0.254 e. The first-order valence-electron chi connectivity index (χ1n) is 10.4. The minimum atomic E-state index is -0.776. The molecule has 1 aromatic heterocycles. The molecule has 0 aliphatic heterocycles. The van der Waals surface area contributed by atoms with E-state index in [1.165, 1.54) is 18.3 Å². The summed E-state index contributed by atoms with van der Waals surface area (Å²) in [7, 11) is 0. The van der Waals surface area contributed by atoms with Crippen molar-refractivity contribution in [1.82, 2.24) is 10.3 Å². The van der Waals surface area contributed by atoms with Crippen LogP contribution in [0.4, 0.5) is 0 Å². The summed E-state index contributed by atoms with van der Waals surface area (Å²) < 4.78 is 11.1. The number of phenols is 1. The van der Waals surface area contributed by atoms with Gasteiger partial charge in [0, 0.05) is 18.8 Å². The van der Waals surface area contributed by atoms with Crippen LogP contribution in [0.15, 0.2) is 66.9 Å². The van der Waals surface area contributed by atoms with Crippen LogP contribution in [0.5, 0.6) is 23.1 Å². The number of aliphatic hydroxyl groups is 2. The minimum Gasteiger partial charge on any atom is -0.508 e. The molecule has 1 amide bonds. The number of benzene rings is 2. The van der Waals surface area contributed by atoms with Gasteiger partial charge in [0.15, 0.2) is 0 Å². The molecular formula is C24H27N3O6. The summed E-state index contributed by atoms with van der Waals surface area (Å²) in [4.78, 5) is 15.5. The van der Waals surface area contributed by atoms with Gasteiger partial charge in [-0.3, -0.25) is 4.79 Å². The molecule has 33 heavy (non-hydrogen) atoms. The van der Waals surface area contributed by atoms with Crippen molar-refractivity contribution in [3.05, 3.63) is 78.0 Å². The maximum absolute atomic E-state index is 11.5. The summed E-state index contributed by atoms with van der Waals surface area (Å²) in [5.74, 6) is 0.692. The number of rotatable bonds is 12. The molecule has 6 N–H and O–H groups in total. The van der Waals surface area contributed by atoms with Gasteiger partial charge in [-0.2, -0.15) is 0 Å². The molecule has 174 valence electrons. The van der Waals surface area contributed by atoms with Crippen LogP contribution in [0.2, 0.25) is 0 Å². The van der Waals surface area contributed by atoms with Gasteiger partial charge < -0.3 is 35.8 Å². The Morgan fingerprint density at radius 3 is 2.42 bits per heavy atom. The molecule has 3 aromatic rings. The van der Waals surface area contributed by atoms with Crippen LogP contribution in [-0.4, -0.2) is 58.1 Å². The van der Waals surface area contributed by atoms with E-state index >= 15 is 0 Å². The Morgan fingerprint density at radius 2 is 1.76 bits per heavy atom. The van der Waals surface area contributed by atoms with Crippen LogP contribution in [-0.2, 0) is 6.42 Å². The highest BCUT2D eigenvalue weighted by molar-refractivity contribution is 5.95. The summed E-state index contributed by atoms with van der Waals surface area (Å²) in [6.07, 6.45) is 1.26. The molecule has 0 unspecified atom stereocenters. The number of aromatic hydroxyl groups is 1. The van der Waals surface area contributed by atoms with Crippen LogP contribution in [0.3, 0.4) is 0 Å². The van der Waals surface area contributed by atoms with Crippen LogP contribution in [0.25, 0.3) is 0 Å². The van der Waals surface area contributed by atoms with E-state index in [0.717, 1.165) is 5.56 Å². The average molecular weight is 453 g/mol. The zero-order chi connectivity index (χ0) is 23.6. The fourth-order valence-corrected chi connectivity index (χ4v) is 3.05. The SMILES string of the molecule is NC(=O)c1cccnc1Oc1ccc(C[C@@H](CO)NC[C@H](O)COc2ccc(O)cc2)cc1. The fourth-order valence-electron chi connectivity index (χ4n) is 3.05. The fraction of sp³-hybridized carbons (Fsp3) is 0.250. The Bertz CT molecular complexity index is 1030. The quantitative estimate of drug-likeness (QED) is 0.278. The molecule has 9 nitrogen and oxygen atoms in total. The highest BCUT2D eigenvalue weighted by Gasteiger charge is 2.13. The largest absolute Gasteiger partial charge is 0.508 e. The molecule has 0 aliphatic carbocycles. The number of nitrogens with two attached hydrogens (primary N) is 1. The Hall–Kier alpha value is -3.66. The maximum atomic E-state index is 11.5. The molecule has 2 atom stereocenters. The molecule has 0 spiro atoms. The number of primary amides is 1. The third-order valence-electron chi connectivity index (χ3n) is 4.80. The van der Waals surface area contributed by atoms with Crippen LogP contribution >= 0.6 is 0 Å². The van der Waals surface area contributed by atoms with Crippen molar-refractivity contribution in [1.29, 1.82) is 0 Å². The third kappa shape index (κ3) is 7.46. The van der Waals surface area contributed by atoms with Gasteiger partial charge in [-0.25, -0.2) is 4.98 Å². The Balaban J connectivity index is 1.47. The number of hydrogen-bond donors (Lipinski definition) is 5. The molecule has 3 rings (SSSR count). The van der Waals surface area contributed by atoms with Crippen molar-refractivity contribution >= 4 is 5.91 Å². The van der Waals surface area contributed by atoms with E-state index in [1.54, 1.807) is 36.4 Å². The van der Waals surface area contributed by atoms with Crippen molar-refractivity contribution < 1.29 is 29.6 Å². The predicted octanol–water partition coefficient (Wildman–Crippen LogP) is 1.61. The number of ether oxygens (including phenoxy) is 2. The Kier molecular flexibility index (Phi) is 8.59. The zero-order valence-electron chi connectivity index (χ0n) is 17.9. The van der Waals surface area contributed by atoms with Gasteiger partial charge in [-0.15, -0.1) is 0 Å². The lowest BCUT2D eigenvalue weighted by molar-refractivity contribution is 0.0994. The van der Waals surface area contributed by atoms with Gasteiger partial charge in [0.05, 0.1) is 6.61 Å². The summed E-state index contributed by atoms with van der Waals surface area (Å²) in [6.45, 7) is 0.197. The van der Waals surface area contributed by atoms with Gasteiger partial charge in [-0.05, 0) is 60.5 Å². The second kappa shape index (κ2) is 11.8. The van der Waals surface area contributed by atoms with E-state index < -0.39 is 12.0 Å². The average Bonchev–Trinajstić information content (AvgIpc) is 2.82. The third-order valence-corrected chi connectivity index (χ3v) is 4.80. The van der Waals surface area contributed by atoms with Gasteiger partial charge in [-0.1, -0.05) is 12.1 Å². The number of carbonyl (C=O) groups is 1. The molecule has 9 heteroatoms. The van der Waals surface area contributed by atoms with Gasteiger partial charge in [0.1, 0.15) is 35.5 Å². The van der Waals surface area contributed by atoms with Crippen molar-refractivity contribution in [3.63, 3.8) is 0 Å². The summed E-state index contributed by atoms with van der Waals surface area (Å²) >= 11 is 0. The standard InChI is InChI=1S/C24H27N3O6/c25-23(31)22-2-1-11-26-24(22)33-21-7-3-16(4-8-21)12-17(14-28)27-13-19(30)15-32-20-9-5-18(29)6-10-20/h1-11,17,19,27-30H,12-15H2,(H2,25,31)/t17-,19-/m0/s1. The lowest BCUT2D eigenvalue weighted by Gasteiger charge is -2.19. The highest BCUT2D eigenvalue weighted by atomic mass is 16.5. The van der Waals surface area contributed by atoms with Gasteiger partial charge >= 0.3 is 0 Å². The van der Waals surface area contributed by atoms with Crippen LogP contribution < -0.4 is 20.5 Å². The van der Waals surface area contributed by atoms with E-state index in [9.17, 15) is 20.1 Å². The van der Waals surface area contributed by atoms with Crippen molar-refractivity contribution in [2.45, 2.75) is 18.6 Å². The zero-order valence-corrected chi connectivity index (χ0v) is 17.9. The Labute approximate surface area is 191 Å². The second-order valence-corrected chi connectivity index (χ2v) is 7.42. The summed E-state index contributed by atoms with van der Waals surface area (Å²) in [5.41, 5.74) is 6.48. The molecule has 1 heterocycles. The molecule has 0 fully saturated rings. The molecular weight excluding hydrogens is 426 g/mol. The molecule has 0 bridgehead atoms. The number of phenolic OH excluding ortho intramolecular Hbond substituents is 1. The first-order chi connectivity index (χ1) is 15.9. The van der Waals surface area contributed by atoms with E-state index in [4.69, 9.17) is 15.2 Å². The maximum Gasteiger partial charge on any atom is 0.254 e. The number of aromatic nitrogens is 1. The highest BCUT2D eigenvalue weighted by Crippen LogP contribution is 2.23. The van der Waals surface area contributed by atoms with Crippen molar-refractivity contribution in [2.75, 3.05) is 19.8 Å². The van der Waals surface area contributed by atoms with E-state index in [-0.39, 0.29) is 43.0 Å². The number of aliphatic hydroxyl groups excluding tert-OH is 2. The monoisotopic (exact) mass is 453 g/mol. The molecule has 2 aromatic carbocycles. The molecule has 0 aliphatic rings. The van der Waals surface area contributed by atoms with Crippen molar-refractivity contribution in [2.24, 2.45) is 5.73 Å². The lowest BCUT2D eigenvalue weighted by Crippen LogP contribution is -2.41. The summed E-state index contributed by atoms with van der Waals surface area (Å²) in [6, 6.07) is 16.3. The van der Waals surface area contributed by atoms with E-state index in [1.807, 2.05) is 12.1 Å². The van der Waals surface area contributed by atoms with E-state index in [0.29, 0.717) is 17.9 Å². The Morgan fingerprint density at radius 1 is 1.06 bits per heavy atom. The number of nitrogens with zero attached hydrogens (tertiary/aromatic N) is 1. The molecule has 0 saturated heterocycles. The topological polar surface area (TPSA) is 147 Å². The lowest BCUT2D eigenvalue weighted by atomic mass is 10.1. The molecule has 0 saturated carbocycles. The normalized spacial score (nSPS) is 12.7. The summed E-state index contributed by atoms with van der Waals surface area (Å²) in [5, 5.41) is 32.2. The first kappa shape index (κ1) is 24.0. The first-order valence-corrected chi connectivity index (χ1v) is 10.4. The van der Waals surface area contributed by atoms with Gasteiger partial charge in [0.2, 0.25) is 5.88 Å². The van der Waals surface area contributed by atoms with Crippen molar-refractivity contribution in [3.8, 4) is 23.1 Å².